The molecule has 2 N–H and O–H groups in total. The van der Waals surface area contributed by atoms with E-state index in [0.29, 0.717) is 5.92 Å². The van der Waals surface area contributed by atoms with E-state index in [1.807, 2.05) is 30.9 Å². The van der Waals surface area contributed by atoms with Gasteiger partial charge in [0.15, 0.2) is 0 Å². The van der Waals surface area contributed by atoms with Crippen molar-refractivity contribution in [3.8, 4) is 0 Å². The van der Waals surface area contributed by atoms with Crippen LogP contribution in [-0.4, -0.2) is 41.9 Å². The molecule has 25 heavy (non-hydrogen) atoms. The fourth-order valence-corrected chi connectivity index (χ4v) is 3.56. The molecule has 0 bridgehead atoms. The van der Waals surface area contributed by atoms with Gasteiger partial charge in [0.1, 0.15) is 0 Å². The molecule has 1 aromatic rings. The lowest BCUT2D eigenvalue weighted by molar-refractivity contribution is -0.131. The van der Waals surface area contributed by atoms with Gasteiger partial charge >= 0.3 is 0 Å². The number of aryl methyl sites for hydroxylation is 1. The van der Waals surface area contributed by atoms with Gasteiger partial charge < -0.3 is 15.5 Å². The largest absolute Gasteiger partial charge is 0.348 e. The van der Waals surface area contributed by atoms with Gasteiger partial charge in [-0.2, -0.15) is 0 Å². The predicted molar refractivity (Wildman–Crippen MR) is 100 cm³/mol. The lowest BCUT2D eigenvalue weighted by Gasteiger charge is -2.38. The predicted octanol–water partition coefficient (Wildman–Crippen LogP) is 2.41. The van der Waals surface area contributed by atoms with Crippen molar-refractivity contribution < 1.29 is 9.59 Å². The fourth-order valence-electron chi connectivity index (χ4n) is 3.56. The van der Waals surface area contributed by atoms with Crippen molar-refractivity contribution in [3.63, 3.8) is 0 Å². The van der Waals surface area contributed by atoms with Crippen LogP contribution in [0, 0.1) is 12.8 Å². The van der Waals surface area contributed by atoms with Crippen LogP contribution in [0.3, 0.4) is 0 Å². The molecule has 1 heterocycles. The first-order chi connectivity index (χ1) is 11.8. The number of likely N-dealkylation sites (tertiary alicyclic amines) is 1. The summed E-state index contributed by atoms with van der Waals surface area (Å²) in [6, 6.07) is 8.09. The Bertz CT molecular complexity index is 617. The van der Waals surface area contributed by atoms with Crippen LogP contribution >= 0.6 is 0 Å². The molecule has 1 saturated heterocycles. The van der Waals surface area contributed by atoms with Crippen LogP contribution in [0.1, 0.15) is 51.3 Å². The highest BCUT2D eigenvalue weighted by molar-refractivity contribution is 5.81. The normalized spacial score (nSPS) is 23.0. The van der Waals surface area contributed by atoms with E-state index in [1.54, 1.807) is 6.92 Å². The van der Waals surface area contributed by atoms with Crippen LogP contribution in [0.15, 0.2) is 24.3 Å². The molecule has 0 saturated carbocycles. The molecular weight excluding hydrogens is 314 g/mol. The van der Waals surface area contributed by atoms with Crippen LogP contribution in [0.5, 0.6) is 0 Å². The summed E-state index contributed by atoms with van der Waals surface area (Å²) in [7, 11) is 0. The van der Waals surface area contributed by atoms with Gasteiger partial charge in [0.05, 0.1) is 12.1 Å². The molecule has 138 valence electrons. The second-order valence-electron chi connectivity index (χ2n) is 7.31. The Morgan fingerprint density at radius 2 is 1.92 bits per heavy atom. The van der Waals surface area contributed by atoms with Crippen LogP contribution in [0.25, 0.3) is 0 Å². The first-order valence-corrected chi connectivity index (χ1v) is 9.17. The molecule has 4 atom stereocenters. The average Bonchev–Trinajstić information content (AvgIpc) is 2.56. The summed E-state index contributed by atoms with van der Waals surface area (Å²) in [6.45, 7) is 11.2. The van der Waals surface area contributed by atoms with E-state index in [4.69, 9.17) is 0 Å². The van der Waals surface area contributed by atoms with Crippen molar-refractivity contribution in [1.29, 1.82) is 0 Å². The number of nitrogens with zero attached hydrogens (tertiary/aromatic N) is 1. The lowest BCUT2D eigenvalue weighted by atomic mass is 9.93. The Labute approximate surface area is 151 Å². The molecule has 0 spiro atoms. The Morgan fingerprint density at radius 3 is 2.52 bits per heavy atom. The lowest BCUT2D eigenvalue weighted by Crippen LogP contribution is -2.54. The molecular formula is C20H31N3O2. The molecule has 0 radical (unpaired) electrons. The molecule has 5 nitrogen and oxygen atoms in total. The van der Waals surface area contributed by atoms with E-state index in [9.17, 15) is 9.59 Å². The van der Waals surface area contributed by atoms with Gasteiger partial charge in [-0.25, -0.2) is 0 Å². The molecule has 0 aromatic heterocycles. The summed E-state index contributed by atoms with van der Waals surface area (Å²) in [5.74, 6) is 0.474. The minimum absolute atomic E-state index is 0.0111. The monoisotopic (exact) mass is 345 g/mol. The van der Waals surface area contributed by atoms with Gasteiger partial charge in [-0.05, 0) is 44.2 Å². The first-order valence-electron chi connectivity index (χ1n) is 9.17. The van der Waals surface area contributed by atoms with E-state index >= 15 is 0 Å². The van der Waals surface area contributed by atoms with Crippen LogP contribution < -0.4 is 10.6 Å². The molecule has 1 aromatic carbocycles. The number of nitrogens with one attached hydrogen (secondary N) is 2. The van der Waals surface area contributed by atoms with Gasteiger partial charge in [0.2, 0.25) is 11.8 Å². The van der Waals surface area contributed by atoms with Crippen LogP contribution in [0.4, 0.5) is 0 Å². The number of rotatable bonds is 5. The molecule has 2 amide bonds. The summed E-state index contributed by atoms with van der Waals surface area (Å²) >= 11 is 0. The zero-order valence-corrected chi connectivity index (χ0v) is 16.0. The standard InChI is InChI=1S/C20H31N3O2/c1-13-8-6-7-9-18(13)15(3)22-20(25)16(4)21-19-10-11-23(17(5)24)12-14(19)2/h6-9,14-16,19,21H,10-12H2,1-5H3,(H,22,25)/t14-,15-,16-,19+/m1/s1. The van der Waals surface area contributed by atoms with Gasteiger partial charge in [0.25, 0.3) is 0 Å². The number of amides is 2. The van der Waals surface area contributed by atoms with E-state index in [0.717, 1.165) is 25.1 Å². The number of hydrogen-bond donors (Lipinski definition) is 2. The molecule has 0 unspecified atom stereocenters. The maximum Gasteiger partial charge on any atom is 0.237 e. The summed E-state index contributed by atoms with van der Waals surface area (Å²) < 4.78 is 0. The van der Waals surface area contributed by atoms with Crippen molar-refractivity contribution >= 4 is 11.8 Å². The Balaban J connectivity index is 1.88. The van der Waals surface area contributed by atoms with Crippen molar-refractivity contribution in [2.75, 3.05) is 13.1 Å². The Morgan fingerprint density at radius 1 is 1.24 bits per heavy atom. The second kappa shape index (κ2) is 8.48. The third-order valence-electron chi connectivity index (χ3n) is 5.22. The number of hydrogen-bond acceptors (Lipinski definition) is 3. The van der Waals surface area contributed by atoms with Gasteiger partial charge in [-0.15, -0.1) is 0 Å². The van der Waals surface area contributed by atoms with Gasteiger partial charge in [0, 0.05) is 26.1 Å². The van der Waals surface area contributed by atoms with Crippen LogP contribution in [-0.2, 0) is 9.59 Å². The zero-order valence-electron chi connectivity index (χ0n) is 16.0. The quantitative estimate of drug-likeness (QED) is 0.861. The van der Waals surface area contributed by atoms with E-state index in [1.165, 1.54) is 5.56 Å². The highest BCUT2D eigenvalue weighted by Crippen LogP contribution is 2.19. The summed E-state index contributed by atoms with van der Waals surface area (Å²) in [6.07, 6.45) is 0.881. The SMILES string of the molecule is CC(=O)N1CC[C@H](N[C@H](C)C(=O)N[C@H](C)c2ccccc2C)[C@H](C)C1. The molecule has 2 rings (SSSR count). The minimum Gasteiger partial charge on any atom is -0.348 e. The Kier molecular flexibility index (Phi) is 6.59. The highest BCUT2D eigenvalue weighted by atomic mass is 16.2. The number of carbonyl (C=O) groups is 2. The van der Waals surface area contributed by atoms with Crippen LogP contribution in [0.2, 0.25) is 0 Å². The van der Waals surface area contributed by atoms with E-state index in [2.05, 4.69) is 36.6 Å². The first kappa shape index (κ1) is 19.4. The summed E-state index contributed by atoms with van der Waals surface area (Å²) in [5, 5.41) is 6.55. The average molecular weight is 345 g/mol. The van der Waals surface area contributed by atoms with E-state index in [-0.39, 0.29) is 29.9 Å². The van der Waals surface area contributed by atoms with Crippen molar-refractivity contribution in [3.05, 3.63) is 35.4 Å². The van der Waals surface area contributed by atoms with Gasteiger partial charge in [-0.3, -0.25) is 9.59 Å². The molecule has 1 fully saturated rings. The maximum absolute atomic E-state index is 12.6. The second-order valence-corrected chi connectivity index (χ2v) is 7.31. The fraction of sp³-hybridized carbons (Fsp3) is 0.600. The number of carbonyl (C=O) groups excluding carboxylic acids is 2. The van der Waals surface area contributed by atoms with Crippen molar-refractivity contribution in [1.82, 2.24) is 15.5 Å². The third-order valence-corrected chi connectivity index (χ3v) is 5.22. The molecule has 1 aliphatic heterocycles. The topological polar surface area (TPSA) is 61.4 Å². The van der Waals surface area contributed by atoms with Gasteiger partial charge in [-0.1, -0.05) is 31.2 Å². The van der Waals surface area contributed by atoms with E-state index < -0.39 is 0 Å². The van der Waals surface area contributed by atoms with Crippen molar-refractivity contribution in [2.45, 2.75) is 59.2 Å². The highest BCUT2D eigenvalue weighted by Gasteiger charge is 2.29. The molecule has 0 aliphatic carbocycles. The smallest absolute Gasteiger partial charge is 0.237 e. The zero-order chi connectivity index (χ0) is 18.6. The number of piperidine rings is 1. The number of benzene rings is 1. The third kappa shape index (κ3) is 5.05. The minimum atomic E-state index is -0.261. The summed E-state index contributed by atoms with van der Waals surface area (Å²) in [5.41, 5.74) is 2.33. The molecule has 5 heteroatoms. The maximum atomic E-state index is 12.6. The Hall–Kier alpha value is -1.88. The summed E-state index contributed by atoms with van der Waals surface area (Å²) in [4.78, 5) is 25.9. The van der Waals surface area contributed by atoms with Crippen molar-refractivity contribution in [2.24, 2.45) is 5.92 Å². The molecule has 1 aliphatic rings.